The first kappa shape index (κ1) is 17.7. The summed E-state index contributed by atoms with van der Waals surface area (Å²) < 4.78 is 14.3. The zero-order chi connectivity index (χ0) is 15.9. The van der Waals surface area contributed by atoms with Crippen molar-refractivity contribution in [3.05, 3.63) is 29.1 Å². The number of carbonyl (C=O) groups is 2. The molecule has 3 N–H and O–H groups in total. The molecule has 2 aliphatic rings. The molecule has 0 radical (unpaired) electrons. The van der Waals surface area contributed by atoms with Crippen molar-refractivity contribution in [3.63, 3.8) is 0 Å². The minimum Gasteiger partial charge on any atom is -0.338 e. The monoisotopic (exact) mass is 341 g/mol. The van der Waals surface area contributed by atoms with E-state index < -0.39 is 5.82 Å². The van der Waals surface area contributed by atoms with Crippen LogP contribution in [0.15, 0.2) is 12.1 Å². The number of aryl methyl sites for hydroxylation is 1. The van der Waals surface area contributed by atoms with Gasteiger partial charge in [-0.05, 0) is 36.5 Å². The van der Waals surface area contributed by atoms with Crippen molar-refractivity contribution in [1.29, 1.82) is 0 Å². The van der Waals surface area contributed by atoms with E-state index in [2.05, 4.69) is 5.32 Å². The Hall–Kier alpha value is -1.66. The van der Waals surface area contributed by atoms with Gasteiger partial charge in [0.1, 0.15) is 5.82 Å². The summed E-state index contributed by atoms with van der Waals surface area (Å²) in [6.07, 6.45) is 1.63. The summed E-state index contributed by atoms with van der Waals surface area (Å²) in [4.78, 5) is 25.6. The highest BCUT2D eigenvalue weighted by Gasteiger charge is 2.29. The summed E-state index contributed by atoms with van der Waals surface area (Å²) in [7, 11) is 0. The number of carbonyl (C=O) groups excluding carboxylic acids is 2. The first-order valence-corrected chi connectivity index (χ1v) is 7.63. The maximum Gasteiger partial charge on any atom is 0.256 e. The standard InChI is InChI=1S/C16H20FN3O2.ClH/c1-9-8-20(5-4-13(9)18)16(22)11-6-10-2-3-15(21)19-14(10)7-12(11)17;/h6-7,9,13H,2-5,8,18H2,1H3,(H,19,21);1H. The number of nitrogens with one attached hydrogen (secondary N) is 1. The quantitative estimate of drug-likeness (QED) is 0.819. The third kappa shape index (κ3) is 3.48. The molecule has 23 heavy (non-hydrogen) atoms. The van der Waals surface area contributed by atoms with Gasteiger partial charge in [-0.15, -0.1) is 12.4 Å². The van der Waals surface area contributed by atoms with Crippen LogP contribution in [0.2, 0.25) is 0 Å². The van der Waals surface area contributed by atoms with Crippen molar-refractivity contribution in [2.24, 2.45) is 11.7 Å². The van der Waals surface area contributed by atoms with Crippen molar-refractivity contribution in [2.45, 2.75) is 32.2 Å². The van der Waals surface area contributed by atoms with Gasteiger partial charge in [0.2, 0.25) is 5.91 Å². The van der Waals surface area contributed by atoms with Crippen LogP contribution in [0, 0.1) is 11.7 Å². The zero-order valence-electron chi connectivity index (χ0n) is 13.0. The Morgan fingerprint density at radius 1 is 1.39 bits per heavy atom. The molecule has 2 amide bonds. The van der Waals surface area contributed by atoms with Crippen molar-refractivity contribution in [2.75, 3.05) is 18.4 Å². The smallest absolute Gasteiger partial charge is 0.256 e. The molecule has 2 atom stereocenters. The molecule has 2 unspecified atom stereocenters. The van der Waals surface area contributed by atoms with Crippen LogP contribution in [0.4, 0.5) is 10.1 Å². The van der Waals surface area contributed by atoms with Gasteiger partial charge in [0.05, 0.1) is 5.56 Å². The molecule has 0 bridgehead atoms. The second-order valence-corrected chi connectivity index (χ2v) is 6.22. The fourth-order valence-electron chi connectivity index (χ4n) is 3.08. The van der Waals surface area contributed by atoms with E-state index in [-0.39, 0.29) is 41.7 Å². The SMILES string of the molecule is CC1CN(C(=O)c2cc3c(cc2F)NC(=O)CC3)CCC1N.Cl. The van der Waals surface area contributed by atoms with E-state index in [0.29, 0.717) is 31.6 Å². The summed E-state index contributed by atoms with van der Waals surface area (Å²) in [5.74, 6) is -0.799. The molecular formula is C16H21ClFN3O2. The Morgan fingerprint density at radius 2 is 2.13 bits per heavy atom. The van der Waals surface area contributed by atoms with Gasteiger partial charge in [0.25, 0.3) is 5.91 Å². The molecule has 1 aromatic carbocycles. The molecule has 1 saturated heterocycles. The normalized spacial score (nSPS) is 23.6. The second kappa shape index (κ2) is 6.84. The summed E-state index contributed by atoms with van der Waals surface area (Å²) in [5.41, 5.74) is 7.33. The Morgan fingerprint density at radius 3 is 2.83 bits per heavy atom. The summed E-state index contributed by atoms with van der Waals surface area (Å²) >= 11 is 0. The number of piperidine rings is 1. The van der Waals surface area contributed by atoms with E-state index >= 15 is 0 Å². The van der Waals surface area contributed by atoms with E-state index in [1.807, 2.05) is 6.92 Å². The summed E-state index contributed by atoms with van der Waals surface area (Å²) in [5, 5.41) is 2.64. The van der Waals surface area contributed by atoms with Gasteiger partial charge in [-0.2, -0.15) is 0 Å². The van der Waals surface area contributed by atoms with Gasteiger partial charge < -0.3 is 16.0 Å². The van der Waals surface area contributed by atoms with Crippen LogP contribution in [0.3, 0.4) is 0 Å². The number of hydrogen-bond acceptors (Lipinski definition) is 3. The van der Waals surface area contributed by atoms with Crippen molar-refractivity contribution >= 4 is 29.9 Å². The van der Waals surface area contributed by atoms with Crippen LogP contribution in [0.1, 0.15) is 35.7 Å². The van der Waals surface area contributed by atoms with Crippen LogP contribution in [0.5, 0.6) is 0 Å². The van der Waals surface area contributed by atoms with Crippen molar-refractivity contribution < 1.29 is 14.0 Å². The molecule has 0 aliphatic carbocycles. The van der Waals surface area contributed by atoms with Gasteiger partial charge in [-0.1, -0.05) is 6.92 Å². The third-order valence-corrected chi connectivity index (χ3v) is 4.58. The topological polar surface area (TPSA) is 75.4 Å². The van der Waals surface area contributed by atoms with E-state index in [9.17, 15) is 14.0 Å². The average molecular weight is 342 g/mol. The maximum absolute atomic E-state index is 14.3. The van der Waals surface area contributed by atoms with E-state index in [1.54, 1.807) is 11.0 Å². The molecule has 1 aromatic rings. The number of rotatable bonds is 1. The molecule has 126 valence electrons. The average Bonchev–Trinajstić information content (AvgIpc) is 2.48. The molecule has 5 nitrogen and oxygen atoms in total. The second-order valence-electron chi connectivity index (χ2n) is 6.22. The number of nitrogens with zero attached hydrogens (tertiary/aromatic N) is 1. The molecule has 3 rings (SSSR count). The van der Waals surface area contributed by atoms with Gasteiger partial charge in [0.15, 0.2) is 0 Å². The molecule has 2 aliphatic heterocycles. The third-order valence-electron chi connectivity index (χ3n) is 4.58. The molecule has 0 saturated carbocycles. The molecular weight excluding hydrogens is 321 g/mol. The Labute approximate surface area is 140 Å². The lowest BCUT2D eigenvalue weighted by Gasteiger charge is -2.35. The predicted octanol–water partition coefficient (Wildman–Crippen LogP) is 1.94. The molecule has 7 heteroatoms. The highest BCUT2D eigenvalue weighted by atomic mass is 35.5. The van der Waals surface area contributed by atoms with Crippen molar-refractivity contribution in [3.8, 4) is 0 Å². The first-order valence-electron chi connectivity index (χ1n) is 7.63. The number of halogens is 2. The van der Waals surface area contributed by atoms with E-state index in [4.69, 9.17) is 5.73 Å². The van der Waals surface area contributed by atoms with Gasteiger partial charge in [0, 0.05) is 31.2 Å². The van der Waals surface area contributed by atoms with Crippen LogP contribution >= 0.6 is 12.4 Å². The number of likely N-dealkylation sites (tertiary alicyclic amines) is 1. The number of fused-ring (bicyclic) bond motifs is 1. The first-order chi connectivity index (χ1) is 10.5. The maximum atomic E-state index is 14.3. The lowest BCUT2D eigenvalue weighted by atomic mass is 9.93. The van der Waals surface area contributed by atoms with Crippen LogP contribution in [-0.4, -0.2) is 35.8 Å². The lowest BCUT2D eigenvalue weighted by Crippen LogP contribution is -2.48. The number of anilines is 1. The Bertz CT molecular complexity index is 638. The lowest BCUT2D eigenvalue weighted by molar-refractivity contribution is -0.116. The molecule has 1 fully saturated rings. The van der Waals surface area contributed by atoms with Gasteiger partial charge in [-0.25, -0.2) is 4.39 Å². The van der Waals surface area contributed by atoms with Crippen LogP contribution in [0.25, 0.3) is 0 Å². The number of nitrogens with two attached hydrogens (primary N) is 1. The predicted molar refractivity (Wildman–Crippen MR) is 88.3 cm³/mol. The van der Waals surface area contributed by atoms with Gasteiger partial charge in [-0.3, -0.25) is 9.59 Å². The van der Waals surface area contributed by atoms with Gasteiger partial charge >= 0.3 is 0 Å². The van der Waals surface area contributed by atoms with Crippen LogP contribution < -0.4 is 11.1 Å². The Kier molecular flexibility index (Phi) is 5.26. The van der Waals surface area contributed by atoms with E-state index in [0.717, 1.165) is 12.0 Å². The number of hydrogen-bond donors (Lipinski definition) is 2. The number of benzene rings is 1. The fraction of sp³-hybridized carbons (Fsp3) is 0.500. The molecule has 0 aromatic heterocycles. The molecule has 2 heterocycles. The zero-order valence-corrected chi connectivity index (χ0v) is 13.8. The van der Waals surface area contributed by atoms with Crippen molar-refractivity contribution in [1.82, 2.24) is 4.90 Å². The van der Waals surface area contributed by atoms with Crippen LogP contribution in [-0.2, 0) is 11.2 Å². The summed E-state index contributed by atoms with van der Waals surface area (Å²) in [6, 6.07) is 2.91. The minimum absolute atomic E-state index is 0. The summed E-state index contributed by atoms with van der Waals surface area (Å²) in [6.45, 7) is 3.10. The molecule has 0 spiro atoms. The van der Waals surface area contributed by atoms with E-state index in [1.165, 1.54) is 6.07 Å². The minimum atomic E-state index is -0.589. The number of amides is 2. The Balaban J connectivity index is 0.00000192. The largest absolute Gasteiger partial charge is 0.338 e. The highest BCUT2D eigenvalue weighted by molar-refractivity contribution is 5.98. The fourth-order valence-corrected chi connectivity index (χ4v) is 3.08. The highest BCUT2D eigenvalue weighted by Crippen LogP contribution is 2.27.